The number of nitro benzene ring substituents is 1. The molecule has 1 heterocycles. The van der Waals surface area contributed by atoms with Gasteiger partial charge in [-0.15, -0.1) is 11.8 Å². The lowest BCUT2D eigenvalue weighted by molar-refractivity contribution is -0.385. The Labute approximate surface area is 158 Å². The van der Waals surface area contributed by atoms with E-state index < -0.39 is 10.8 Å². The molecule has 0 aliphatic rings. The number of hydrogen-bond acceptors (Lipinski definition) is 5. The predicted octanol–water partition coefficient (Wildman–Crippen LogP) is 4.41. The van der Waals surface area contributed by atoms with E-state index in [0.717, 1.165) is 4.90 Å². The summed E-state index contributed by atoms with van der Waals surface area (Å²) in [4.78, 5) is 23.9. The summed E-state index contributed by atoms with van der Waals surface area (Å²) in [5, 5.41) is 18.5. The van der Waals surface area contributed by atoms with E-state index in [1.54, 1.807) is 30.5 Å². The maximum Gasteiger partial charge on any atom is 0.282 e. The molecule has 0 aliphatic heterocycles. The van der Waals surface area contributed by atoms with Gasteiger partial charge in [0, 0.05) is 11.0 Å². The molecule has 1 aromatic heterocycles. The molecule has 1 amide bonds. The number of hydrogen-bond donors (Lipinski definition) is 1. The first-order chi connectivity index (χ1) is 12.5. The lowest BCUT2D eigenvalue weighted by Gasteiger charge is -2.06. The summed E-state index contributed by atoms with van der Waals surface area (Å²) in [6.07, 6.45) is 4.87. The van der Waals surface area contributed by atoms with Crippen LogP contribution in [0.5, 0.6) is 0 Å². The second kappa shape index (κ2) is 7.59. The maximum atomic E-state index is 12.5. The minimum absolute atomic E-state index is 0.00709. The molecule has 7 nitrogen and oxygen atoms in total. The highest BCUT2D eigenvalue weighted by Crippen LogP contribution is 2.26. The Bertz CT molecular complexity index is 990. The SMILES string of the molecule is CSc1ccc([N+](=O)[O-])c(C(=O)Nc2cnn(-c3ccccc3Cl)c2)c1. The number of nitro groups is 1. The van der Waals surface area contributed by atoms with Gasteiger partial charge in [0.2, 0.25) is 0 Å². The number of amides is 1. The van der Waals surface area contributed by atoms with E-state index >= 15 is 0 Å². The van der Waals surface area contributed by atoms with Crippen molar-refractivity contribution >= 4 is 40.6 Å². The van der Waals surface area contributed by atoms with Crippen molar-refractivity contribution in [3.63, 3.8) is 0 Å². The zero-order chi connectivity index (χ0) is 18.7. The van der Waals surface area contributed by atoms with Gasteiger partial charge in [-0.05, 0) is 30.5 Å². The van der Waals surface area contributed by atoms with Crippen molar-refractivity contribution < 1.29 is 9.72 Å². The number of thioether (sulfide) groups is 1. The van der Waals surface area contributed by atoms with Crippen LogP contribution >= 0.6 is 23.4 Å². The van der Waals surface area contributed by atoms with Crippen LogP contribution in [-0.2, 0) is 0 Å². The van der Waals surface area contributed by atoms with Crippen LogP contribution in [0.15, 0.2) is 59.8 Å². The number of halogens is 1. The molecule has 0 atom stereocenters. The van der Waals surface area contributed by atoms with Crippen molar-refractivity contribution in [2.45, 2.75) is 4.90 Å². The minimum Gasteiger partial charge on any atom is -0.319 e. The van der Waals surface area contributed by atoms with Crippen LogP contribution in [0.2, 0.25) is 5.02 Å². The number of para-hydroxylation sites is 1. The normalized spacial score (nSPS) is 10.5. The molecule has 0 unspecified atom stereocenters. The number of anilines is 1. The van der Waals surface area contributed by atoms with E-state index in [4.69, 9.17) is 11.6 Å². The van der Waals surface area contributed by atoms with Gasteiger partial charge in [0.05, 0.1) is 33.7 Å². The van der Waals surface area contributed by atoms with Crippen molar-refractivity contribution in [1.29, 1.82) is 0 Å². The highest BCUT2D eigenvalue weighted by Gasteiger charge is 2.21. The Hall–Kier alpha value is -2.84. The van der Waals surface area contributed by atoms with Gasteiger partial charge in [-0.3, -0.25) is 14.9 Å². The Morgan fingerprint density at radius 1 is 1.31 bits per heavy atom. The largest absolute Gasteiger partial charge is 0.319 e. The minimum atomic E-state index is -0.577. The number of carbonyl (C=O) groups excluding carboxylic acids is 1. The highest BCUT2D eigenvalue weighted by molar-refractivity contribution is 7.98. The molecule has 0 fully saturated rings. The summed E-state index contributed by atoms with van der Waals surface area (Å²) in [5.74, 6) is -0.577. The van der Waals surface area contributed by atoms with E-state index in [0.29, 0.717) is 16.4 Å². The topological polar surface area (TPSA) is 90.1 Å². The molecule has 0 radical (unpaired) electrons. The van der Waals surface area contributed by atoms with Gasteiger partial charge in [0.1, 0.15) is 5.56 Å². The molecule has 3 aromatic rings. The first kappa shape index (κ1) is 18.0. The van der Waals surface area contributed by atoms with Gasteiger partial charge in [-0.25, -0.2) is 4.68 Å². The Balaban J connectivity index is 1.88. The van der Waals surface area contributed by atoms with Crippen LogP contribution in [0.4, 0.5) is 11.4 Å². The maximum absolute atomic E-state index is 12.5. The van der Waals surface area contributed by atoms with Crippen LogP contribution in [-0.4, -0.2) is 26.9 Å². The second-order valence-corrected chi connectivity index (χ2v) is 6.51. The molecule has 1 N–H and O–H groups in total. The molecule has 0 saturated heterocycles. The summed E-state index contributed by atoms with van der Waals surface area (Å²) in [6.45, 7) is 0. The molecule has 0 spiro atoms. The van der Waals surface area contributed by atoms with Crippen LogP contribution in [0.1, 0.15) is 10.4 Å². The standard InChI is InChI=1S/C17H13ClN4O3S/c1-26-12-6-7-15(22(24)25)13(8-12)17(23)20-11-9-19-21(10-11)16-5-3-2-4-14(16)18/h2-10H,1H3,(H,20,23). The van der Waals surface area contributed by atoms with Crippen LogP contribution in [0.25, 0.3) is 5.69 Å². The van der Waals surface area contributed by atoms with E-state index in [1.165, 1.54) is 34.8 Å². The summed E-state index contributed by atoms with van der Waals surface area (Å²) >= 11 is 7.53. The molecular formula is C17H13ClN4O3S. The summed E-state index contributed by atoms with van der Waals surface area (Å²) in [5.41, 5.74) is 0.801. The molecule has 0 aliphatic carbocycles. The average molecular weight is 389 g/mol. The number of nitrogens with one attached hydrogen (secondary N) is 1. The highest BCUT2D eigenvalue weighted by atomic mass is 35.5. The molecule has 3 rings (SSSR count). The average Bonchev–Trinajstić information content (AvgIpc) is 3.09. The van der Waals surface area contributed by atoms with Crippen LogP contribution < -0.4 is 5.32 Å². The summed E-state index contributed by atoms with van der Waals surface area (Å²) < 4.78 is 1.52. The lowest BCUT2D eigenvalue weighted by Crippen LogP contribution is -2.13. The van der Waals surface area contributed by atoms with Crippen LogP contribution in [0.3, 0.4) is 0 Å². The molecular weight excluding hydrogens is 376 g/mol. The van der Waals surface area contributed by atoms with E-state index in [-0.39, 0.29) is 11.3 Å². The first-order valence-corrected chi connectivity index (χ1v) is 9.03. The molecule has 9 heteroatoms. The summed E-state index contributed by atoms with van der Waals surface area (Å²) in [6, 6.07) is 11.6. The first-order valence-electron chi connectivity index (χ1n) is 7.43. The zero-order valence-corrected chi connectivity index (χ0v) is 15.1. The fraction of sp³-hybridized carbons (Fsp3) is 0.0588. The third kappa shape index (κ3) is 3.71. The number of benzene rings is 2. The third-order valence-electron chi connectivity index (χ3n) is 3.58. The van der Waals surface area contributed by atoms with Crippen molar-refractivity contribution in [3.05, 3.63) is 75.6 Å². The zero-order valence-electron chi connectivity index (χ0n) is 13.5. The molecule has 0 saturated carbocycles. The quantitative estimate of drug-likeness (QED) is 0.397. The molecule has 26 heavy (non-hydrogen) atoms. The number of carbonyl (C=O) groups is 1. The Morgan fingerprint density at radius 2 is 2.08 bits per heavy atom. The number of nitrogens with zero attached hydrogens (tertiary/aromatic N) is 3. The van der Waals surface area contributed by atoms with Crippen molar-refractivity contribution in [1.82, 2.24) is 9.78 Å². The fourth-order valence-electron chi connectivity index (χ4n) is 2.34. The van der Waals surface area contributed by atoms with Crippen molar-refractivity contribution in [2.24, 2.45) is 0 Å². The van der Waals surface area contributed by atoms with E-state index in [9.17, 15) is 14.9 Å². The van der Waals surface area contributed by atoms with Gasteiger partial charge in [0.25, 0.3) is 11.6 Å². The predicted molar refractivity (Wildman–Crippen MR) is 101 cm³/mol. The smallest absolute Gasteiger partial charge is 0.282 e. The Morgan fingerprint density at radius 3 is 2.77 bits per heavy atom. The fourth-order valence-corrected chi connectivity index (χ4v) is 3.00. The van der Waals surface area contributed by atoms with Gasteiger partial charge < -0.3 is 5.32 Å². The van der Waals surface area contributed by atoms with Gasteiger partial charge in [-0.1, -0.05) is 23.7 Å². The number of rotatable bonds is 5. The van der Waals surface area contributed by atoms with Crippen molar-refractivity contribution in [3.8, 4) is 5.69 Å². The van der Waals surface area contributed by atoms with E-state index in [1.807, 2.05) is 12.3 Å². The van der Waals surface area contributed by atoms with E-state index in [2.05, 4.69) is 10.4 Å². The lowest BCUT2D eigenvalue weighted by atomic mass is 10.1. The van der Waals surface area contributed by atoms with Gasteiger partial charge in [0.15, 0.2) is 0 Å². The second-order valence-electron chi connectivity index (χ2n) is 5.22. The monoisotopic (exact) mass is 388 g/mol. The van der Waals surface area contributed by atoms with Crippen molar-refractivity contribution in [2.75, 3.05) is 11.6 Å². The van der Waals surface area contributed by atoms with Gasteiger partial charge in [-0.2, -0.15) is 5.10 Å². The molecule has 2 aromatic carbocycles. The third-order valence-corrected chi connectivity index (χ3v) is 4.63. The summed E-state index contributed by atoms with van der Waals surface area (Å²) in [7, 11) is 0. The van der Waals surface area contributed by atoms with Gasteiger partial charge >= 0.3 is 0 Å². The molecule has 132 valence electrons. The number of aromatic nitrogens is 2. The molecule has 0 bridgehead atoms. The Kier molecular flexibility index (Phi) is 5.24. The van der Waals surface area contributed by atoms with Crippen LogP contribution in [0, 0.1) is 10.1 Å².